The molecule has 2 unspecified atom stereocenters. The quantitative estimate of drug-likeness (QED) is 0.835. The van der Waals surface area contributed by atoms with Gasteiger partial charge >= 0.3 is 0 Å². The fourth-order valence-corrected chi connectivity index (χ4v) is 4.11. The van der Waals surface area contributed by atoms with Gasteiger partial charge in [0.05, 0.1) is 17.3 Å². The van der Waals surface area contributed by atoms with Crippen LogP contribution in [0, 0.1) is 17.2 Å². The fraction of sp³-hybridized carbons (Fsp3) is 0.368. The molecule has 0 bridgehead atoms. The van der Waals surface area contributed by atoms with E-state index in [2.05, 4.69) is 30.1 Å². The molecular weight excluding hydrogens is 286 g/mol. The Morgan fingerprint density at radius 1 is 1.35 bits per heavy atom. The number of aliphatic hydroxyl groups excluding tert-OH is 1. The van der Waals surface area contributed by atoms with Gasteiger partial charge in [-0.15, -0.1) is 0 Å². The Morgan fingerprint density at radius 3 is 2.87 bits per heavy atom. The van der Waals surface area contributed by atoms with Crippen molar-refractivity contribution in [3.05, 3.63) is 53.1 Å². The number of aromatic amines is 1. The van der Waals surface area contributed by atoms with Crippen molar-refractivity contribution < 1.29 is 5.11 Å². The summed E-state index contributed by atoms with van der Waals surface area (Å²) in [6, 6.07) is 12.3. The highest BCUT2D eigenvalue weighted by atomic mass is 16.3. The third-order valence-corrected chi connectivity index (χ3v) is 5.48. The van der Waals surface area contributed by atoms with Crippen LogP contribution in [0.5, 0.6) is 0 Å². The highest BCUT2D eigenvalue weighted by Gasteiger charge is 2.46. The molecular formula is C19H19N3O. The lowest BCUT2D eigenvalue weighted by Gasteiger charge is -2.43. The van der Waals surface area contributed by atoms with Gasteiger partial charge in [0.2, 0.25) is 0 Å². The molecule has 0 aliphatic heterocycles. The zero-order valence-corrected chi connectivity index (χ0v) is 13.1. The van der Waals surface area contributed by atoms with Crippen molar-refractivity contribution in [1.82, 2.24) is 9.97 Å². The van der Waals surface area contributed by atoms with E-state index in [1.54, 1.807) is 0 Å². The summed E-state index contributed by atoms with van der Waals surface area (Å²) in [5.74, 6) is 1.52. The largest absolute Gasteiger partial charge is 0.511 e. The fourth-order valence-electron chi connectivity index (χ4n) is 4.11. The number of hydrogen-bond acceptors (Lipinski definition) is 3. The molecule has 0 radical (unpaired) electrons. The highest BCUT2D eigenvalue weighted by Crippen LogP contribution is 2.50. The second-order valence-corrected chi connectivity index (χ2v) is 6.85. The summed E-state index contributed by atoms with van der Waals surface area (Å²) in [5.41, 5.74) is 3.68. The lowest BCUT2D eigenvalue weighted by atomic mass is 9.61. The Morgan fingerprint density at radius 2 is 2.13 bits per heavy atom. The first-order valence-corrected chi connectivity index (χ1v) is 8.07. The van der Waals surface area contributed by atoms with Crippen LogP contribution in [0.15, 0.2) is 41.7 Å². The number of aryl methyl sites for hydroxylation is 1. The molecule has 2 aliphatic rings. The number of nitrogens with one attached hydrogen (secondary N) is 1. The predicted molar refractivity (Wildman–Crippen MR) is 87.7 cm³/mol. The third kappa shape index (κ3) is 2.08. The first kappa shape index (κ1) is 14.1. The summed E-state index contributed by atoms with van der Waals surface area (Å²) in [5, 5.41) is 19.4. The molecule has 116 valence electrons. The minimum absolute atomic E-state index is 0.172. The van der Waals surface area contributed by atoms with E-state index < -0.39 is 0 Å². The lowest BCUT2D eigenvalue weighted by molar-refractivity contribution is 0.193. The molecule has 2 N–H and O–H groups in total. The van der Waals surface area contributed by atoms with Crippen LogP contribution in [0.1, 0.15) is 37.6 Å². The molecule has 1 aromatic carbocycles. The average Bonchev–Trinajstić information content (AvgIpc) is 3.01. The van der Waals surface area contributed by atoms with Crippen molar-refractivity contribution in [2.24, 2.45) is 5.92 Å². The molecule has 4 heteroatoms. The van der Waals surface area contributed by atoms with Gasteiger partial charge in [-0.25, -0.2) is 4.98 Å². The molecule has 0 fully saturated rings. The number of H-pyrrole nitrogens is 1. The first-order valence-electron chi connectivity index (χ1n) is 8.07. The van der Waals surface area contributed by atoms with Crippen LogP contribution in [-0.4, -0.2) is 15.1 Å². The number of aromatic nitrogens is 2. The van der Waals surface area contributed by atoms with Crippen molar-refractivity contribution in [2.75, 3.05) is 0 Å². The number of rotatable bonds is 1. The smallest absolute Gasteiger partial charge is 0.137 e. The van der Waals surface area contributed by atoms with Crippen LogP contribution in [0.2, 0.25) is 0 Å². The first-order chi connectivity index (χ1) is 11.1. The zero-order chi connectivity index (χ0) is 16.0. The van der Waals surface area contributed by atoms with E-state index in [0.29, 0.717) is 24.3 Å². The predicted octanol–water partition coefficient (Wildman–Crippen LogP) is 4.03. The summed E-state index contributed by atoms with van der Waals surface area (Å²) < 4.78 is 0. The topological polar surface area (TPSA) is 72.7 Å². The van der Waals surface area contributed by atoms with Crippen LogP contribution in [0.25, 0.3) is 11.4 Å². The maximum absolute atomic E-state index is 10.1. The molecule has 2 atom stereocenters. The molecule has 0 saturated carbocycles. The zero-order valence-electron chi connectivity index (χ0n) is 13.1. The molecule has 1 heterocycles. The molecule has 0 spiro atoms. The number of imidazole rings is 1. The molecule has 4 rings (SSSR count). The molecule has 23 heavy (non-hydrogen) atoms. The Bertz CT molecular complexity index is 828. The van der Waals surface area contributed by atoms with Crippen LogP contribution in [-0.2, 0) is 11.8 Å². The van der Waals surface area contributed by atoms with E-state index in [-0.39, 0.29) is 11.2 Å². The normalized spacial score (nSPS) is 26.3. The number of nitriles is 1. The molecule has 2 aromatic rings. The SMILES string of the molecule is CC12CC(C#N)=C(O)CC1CCc1[nH]c(-c3ccccc3)nc12. The number of aliphatic hydroxyl groups is 1. The number of benzene rings is 1. The minimum atomic E-state index is -0.172. The summed E-state index contributed by atoms with van der Waals surface area (Å²) >= 11 is 0. The van der Waals surface area contributed by atoms with E-state index in [4.69, 9.17) is 4.98 Å². The number of hydrogen-bond donors (Lipinski definition) is 2. The summed E-state index contributed by atoms with van der Waals surface area (Å²) in [6.45, 7) is 2.19. The minimum Gasteiger partial charge on any atom is -0.511 e. The summed E-state index contributed by atoms with van der Waals surface area (Å²) in [7, 11) is 0. The molecule has 2 aliphatic carbocycles. The third-order valence-electron chi connectivity index (χ3n) is 5.48. The van der Waals surface area contributed by atoms with Gasteiger partial charge in [0.1, 0.15) is 11.6 Å². The van der Waals surface area contributed by atoms with Gasteiger partial charge in [-0.3, -0.25) is 0 Å². The number of allylic oxidation sites excluding steroid dienone is 2. The van der Waals surface area contributed by atoms with E-state index in [0.717, 1.165) is 29.9 Å². The van der Waals surface area contributed by atoms with E-state index in [9.17, 15) is 10.4 Å². The van der Waals surface area contributed by atoms with Crippen LogP contribution >= 0.6 is 0 Å². The molecule has 0 amide bonds. The van der Waals surface area contributed by atoms with Gasteiger partial charge in [0, 0.05) is 23.1 Å². The Labute approximate surface area is 135 Å². The van der Waals surface area contributed by atoms with Gasteiger partial charge in [-0.05, 0) is 25.2 Å². The summed E-state index contributed by atoms with van der Waals surface area (Å²) in [6.07, 6.45) is 3.13. The molecule has 0 saturated heterocycles. The van der Waals surface area contributed by atoms with Crippen LogP contribution in [0.3, 0.4) is 0 Å². The second kappa shape index (κ2) is 4.99. The van der Waals surface area contributed by atoms with Gasteiger partial charge in [0.25, 0.3) is 0 Å². The maximum Gasteiger partial charge on any atom is 0.137 e. The van der Waals surface area contributed by atoms with Gasteiger partial charge < -0.3 is 10.1 Å². The van der Waals surface area contributed by atoms with E-state index >= 15 is 0 Å². The molecule has 4 nitrogen and oxygen atoms in total. The second-order valence-electron chi connectivity index (χ2n) is 6.85. The monoisotopic (exact) mass is 305 g/mol. The Balaban J connectivity index is 1.80. The van der Waals surface area contributed by atoms with Crippen molar-refractivity contribution in [2.45, 2.75) is 38.0 Å². The van der Waals surface area contributed by atoms with Crippen molar-refractivity contribution >= 4 is 0 Å². The van der Waals surface area contributed by atoms with Crippen LogP contribution < -0.4 is 0 Å². The summed E-state index contributed by atoms with van der Waals surface area (Å²) in [4.78, 5) is 8.38. The van der Waals surface area contributed by atoms with Gasteiger partial charge in [-0.2, -0.15) is 5.26 Å². The van der Waals surface area contributed by atoms with Crippen molar-refractivity contribution in [3.63, 3.8) is 0 Å². The Kier molecular flexibility index (Phi) is 3.05. The Hall–Kier alpha value is -2.54. The standard InChI is InChI=1S/C19H19N3O/c1-19-10-13(11-20)16(23)9-14(19)7-8-15-17(19)22-18(21-15)12-5-3-2-4-6-12/h2-6,14,23H,7-10H2,1H3,(H,21,22). The van der Waals surface area contributed by atoms with Crippen LogP contribution in [0.4, 0.5) is 0 Å². The van der Waals surface area contributed by atoms with E-state index in [1.165, 1.54) is 5.69 Å². The van der Waals surface area contributed by atoms with Gasteiger partial charge in [0.15, 0.2) is 0 Å². The van der Waals surface area contributed by atoms with E-state index in [1.807, 2.05) is 18.2 Å². The number of fused-ring (bicyclic) bond motifs is 3. The highest BCUT2D eigenvalue weighted by molar-refractivity contribution is 5.57. The average molecular weight is 305 g/mol. The van der Waals surface area contributed by atoms with Gasteiger partial charge in [-0.1, -0.05) is 37.3 Å². The lowest BCUT2D eigenvalue weighted by Crippen LogP contribution is -2.40. The molecule has 1 aromatic heterocycles. The number of nitrogens with zero attached hydrogens (tertiary/aromatic N) is 2. The van der Waals surface area contributed by atoms with Crippen molar-refractivity contribution in [3.8, 4) is 17.5 Å². The maximum atomic E-state index is 10.1. The van der Waals surface area contributed by atoms with Crippen molar-refractivity contribution in [1.29, 1.82) is 5.26 Å².